The molecule has 1 atom stereocenters. The van der Waals surface area contributed by atoms with Crippen molar-refractivity contribution in [2.45, 2.75) is 13.3 Å². The van der Waals surface area contributed by atoms with E-state index in [2.05, 4.69) is 5.32 Å². The fourth-order valence-electron chi connectivity index (χ4n) is 1.29. The predicted molar refractivity (Wildman–Crippen MR) is 60.2 cm³/mol. The van der Waals surface area contributed by atoms with Crippen LogP contribution in [0, 0.1) is 11.7 Å². The molecule has 15 heavy (non-hydrogen) atoms. The van der Waals surface area contributed by atoms with Crippen LogP contribution in [-0.4, -0.2) is 18.3 Å². The van der Waals surface area contributed by atoms with Crippen LogP contribution >= 0.6 is 0 Å². The Kier molecular flexibility index (Phi) is 4.37. The molecular weight excluding hydrogens is 195 g/mol. The van der Waals surface area contributed by atoms with E-state index in [1.165, 1.54) is 18.2 Å². The summed E-state index contributed by atoms with van der Waals surface area (Å²) in [6.45, 7) is 2.86. The molecule has 0 saturated carbocycles. The van der Waals surface area contributed by atoms with Gasteiger partial charge in [-0.05, 0) is 30.5 Å². The minimum Gasteiger partial charge on any atom is -0.397 e. The molecule has 0 heterocycles. The first-order valence-electron chi connectivity index (χ1n) is 5.03. The highest BCUT2D eigenvalue weighted by Gasteiger charge is 2.04. The summed E-state index contributed by atoms with van der Waals surface area (Å²) >= 11 is 0. The zero-order chi connectivity index (χ0) is 11.3. The summed E-state index contributed by atoms with van der Waals surface area (Å²) in [6, 6.07) is 4.24. The van der Waals surface area contributed by atoms with Crippen LogP contribution in [0.1, 0.15) is 13.3 Å². The minimum atomic E-state index is -0.304. The lowest BCUT2D eigenvalue weighted by Crippen LogP contribution is -2.13. The van der Waals surface area contributed by atoms with Crippen molar-refractivity contribution in [1.82, 2.24) is 0 Å². The lowest BCUT2D eigenvalue weighted by molar-refractivity contribution is 0.266. The lowest BCUT2D eigenvalue weighted by atomic mass is 10.1. The standard InChI is InChI=1S/C11H17FN2O/c1-8(4-5-15)7-14-11-6-9(12)2-3-10(11)13/h2-3,6,8,14-15H,4-5,7,13H2,1H3. The maximum Gasteiger partial charge on any atom is 0.125 e. The Hall–Kier alpha value is -1.29. The van der Waals surface area contributed by atoms with Gasteiger partial charge in [0.25, 0.3) is 0 Å². The normalized spacial score (nSPS) is 12.5. The molecule has 3 nitrogen and oxygen atoms in total. The van der Waals surface area contributed by atoms with Crippen molar-refractivity contribution in [3.05, 3.63) is 24.0 Å². The molecule has 0 radical (unpaired) electrons. The van der Waals surface area contributed by atoms with Gasteiger partial charge < -0.3 is 16.2 Å². The molecule has 0 amide bonds. The Morgan fingerprint density at radius 1 is 1.53 bits per heavy atom. The number of hydrogen-bond donors (Lipinski definition) is 3. The first kappa shape index (κ1) is 11.8. The van der Waals surface area contributed by atoms with Crippen molar-refractivity contribution in [1.29, 1.82) is 0 Å². The fourth-order valence-corrected chi connectivity index (χ4v) is 1.29. The molecular formula is C11H17FN2O. The molecule has 1 unspecified atom stereocenters. The number of rotatable bonds is 5. The highest BCUT2D eigenvalue weighted by atomic mass is 19.1. The Bertz CT molecular complexity index is 317. The van der Waals surface area contributed by atoms with Crippen molar-refractivity contribution >= 4 is 11.4 Å². The van der Waals surface area contributed by atoms with Crippen LogP contribution in [-0.2, 0) is 0 Å². The highest BCUT2D eigenvalue weighted by molar-refractivity contribution is 5.65. The summed E-state index contributed by atoms with van der Waals surface area (Å²) in [5, 5.41) is 11.8. The van der Waals surface area contributed by atoms with Gasteiger partial charge in [-0.1, -0.05) is 6.92 Å². The third kappa shape index (κ3) is 3.75. The molecule has 0 fully saturated rings. The highest BCUT2D eigenvalue weighted by Crippen LogP contribution is 2.19. The average Bonchev–Trinajstić information content (AvgIpc) is 2.20. The van der Waals surface area contributed by atoms with E-state index in [9.17, 15) is 4.39 Å². The number of nitrogens with one attached hydrogen (secondary N) is 1. The summed E-state index contributed by atoms with van der Waals surface area (Å²) in [4.78, 5) is 0. The quantitative estimate of drug-likeness (QED) is 0.653. The molecule has 0 saturated heterocycles. The van der Waals surface area contributed by atoms with Gasteiger partial charge in [-0.3, -0.25) is 0 Å². The molecule has 0 aliphatic rings. The van der Waals surface area contributed by atoms with E-state index in [0.29, 0.717) is 23.8 Å². The van der Waals surface area contributed by atoms with Crippen LogP contribution in [0.2, 0.25) is 0 Å². The van der Waals surface area contributed by atoms with E-state index in [-0.39, 0.29) is 12.4 Å². The van der Waals surface area contributed by atoms with Crippen LogP contribution in [0.3, 0.4) is 0 Å². The molecule has 1 rings (SSSR count). The number of aliphatic hydroxyl groups excluding tert-OH is 1. The van der Waals surface area contributed by atoms with Gasteiger partial charge in [0.2, 0.25) is 0 Å². The second kappa shape index (κ2) is 5.56. The second-order valence-corrected chi connectivity index (χ2v) is 3.73. The minimum absolute atomic E-state index is 0.168. The number of benzene rings is 1. The third-order valence-corrected chi connectivity index (χ3v) is 2.28. The summed E-state index contributed by atoms with van der Waals surface area (Å²) in [5.41, 5.74) is 6.82. The van der Waals surface area contributed by atoms with Crippen LogP contribution in [0.15, 0.2) is 18.2 Å². The summed E-state index contributed by atoms with van der Waals surface area (Å²) in [7, 11) is 0. The molecule has 84 valence electrons. The van der Waals surface area contributed by atoms with Crippen LogP contribution < -0.4 is 11.1 Å². The van der Waals surface area contributed by atoms with Gasteiger partial charge in [-0.2, -0.15) is 0 Å². The second-order valence-electron chi connectivity index (χ2n) is 3.73. The van der Waals surface area contributed by atoms with Crippen molar-refractivity contribution in [3.63, 3.8) is 0 Å². The molecule has 1 aromatic carbocycles. The van der Waals surface area contributed by atoms with Crippen molar-refractivity contribution < 1.29 is 9.50 Å². The van der Waals surface area contributed by atoms with E-state index in [0.717, 1.165) is 6.42 Å². The summed E-state index contributed by atoms with van der Waals surface area (Å²) in [6.07, 6.45) is 0.724. The lowest BCUT2D eigenvalue weighted by Gasteiger charge is -2.13. The average molecular weight is 212 g/mol. The van der Waals surface area contributed by atoms with Crippen molar-refractivity contribution in [3.8, 4) is 0 Å². The van der Waals surface area contributed by atoms with Crippen LogP contribution in [0.25, 0.3) is 0 Å². The van der Waals surface area contributed by atoms with E-state index in [4.69, 9.17) is 10.8 Å². The first-order chi connectivity index (χ1) is 7.13. The molecule has 4 heteroatoms. The number of nitrogen functional groups attached to an aromatic ring is 1. The first-order valence-corrected chi connectivity index (χ1v) is 5.03. The molecule has 0 aliphatic carbocycles. The maximum absolute atomic E-state index is 12.9. The van der Waals surface area contributed by atoms with E-state index in [1.54, 1.807) is 0 Å². The summed E-state index contributed by atoms with van der Waals surface area (Å²) < 4.78 is 12.9. The predicted octanol–water partition coefficient (Wildman–Crippen LogP) is 1.84. The molecule has 4 N–H and O–H groups in total. The molecule has 0 bridgehead atoms. The Labute approximate surface area is 89.1 Å². The van der Waals surface area contributed by atoms with Crippen molar-refractivity contribution in [2.75, 3.05) is 24.2 Å². The largest absolute Gasteiger partial charge is 0.397 e. The molecule has 0 aliphatic heterocycles. The van der Waals surface area contributed by atoms with Gasteiger partial charge in [-0.25, -0.2) is 4.39 Å². The van der Waals surface area contributed by atoms with Gasteiger partial charge in [0, 0.05) is 13.2 Å². The number of aliphatic hydroxyl groups is 1. The monoisotopic (exact) mass is 212 g/mol. The van der Waals surface area contributed by atoms with Gasteiger partial charge in [0.05, 0.1) is 11.4 Å². The fraction of sp³-hybridized carbons (Fsp3) is 0.455. The molecule has 0 aromatic heterocycles. The van der Waals surface area contributed by atoms with Crippen LogP contribution in [0.5, 0.6) is 0 Å². The zero-order valence-corrected chi connectivity index (χ0v) is 8.83. The molecule has 1 aromatic rings. The number of nitrogens with two attached hydrogens (primary N) is 1. The Morgan fingerprint density at radius 3 is 2.93 bits per heavy atom. The van der Waals surface area contributed by atoms with Gasteiger partial charge in [0.1, 0.15) is 5.82 Å². The SMILES string of the molecule is CC(CCO)CNc1cc(F)ccc1N. The van der Waals surface area contributed by atoms with Gasteiger partial charge >= 0.3 is 0 Å². The zero-order valence-electron chi connectivity index (χ0n) is 8.83. The van der Waals surface area contributed by atoms with Gasteiger partial charge in [-0.15, -0.1) is 0 Å². The van der Waals surface area contributed by atoms with Crippen molar-refractivity contribution in [2.24, 2.45) is 5.92 Å². The van der Waals surface area contributed by atoms with Crippen LogP contribution in [0.4, 0.5) is 15.8 Å². The maximum atomic E-state index is 12.9. The van der Waals surface area contributed by atoms with E-state index >= 15 is 0 Å². The summed E-state index contributed by atoms with van der Waals surface area (Å²) in [5.74, 6) is 0.0270. The smallest absolute Gasteiger partial charge is 0.125 e. The number of halogens is 1. The topological polar surface area (TPSA) is 58.3 Å². The van der Waals surface area contributed by atoms with Gasteiger partial charge in [0.15, 0.2) is 0 Å². The Morgan fingerprint density at radius 2 is 2.27 bits per heavy atom. The number of anilines is 2. The third-order valence-electron chi connectivity index (χ3n) is 2.28. The van der Waals surface area contributed by atoms with E-state index in [1.807, 2.05) is 6.92 Å². The number of hydrogen-bond acceptors (Lipinski definition) is 3. The molecule has 0 spiro atoms. The van der Waals surface area contributed by atoms with E-state index < -0.39 is 0 Å². The Balaban J connectivity index is 2.53.